The highest BCUT2D eigenvalue weighted by molar-refractivity contribution is 9.10. The minimum absolute atomic E-state index is 0.169. The number of rotatable bonds is 4. The zero-order valence-corrected chi connectivity index (χ0v) is 16.0. The number of halogens is 1. The van der Waals surface area contributed by atoms with Crippen molar-refractivity contribution >= 4 is 33.1 Å². The molecule has 0 aromatic heterocycles. The molecule has 0 radical (unpaired) electrons. The Bertz CT molecular complexity index is 748. The molecule has 1 aromatic rings. The number of carbonyl (C=O) groups excluding carboxylic acids is 1. The molecule has 1 aromatic carbocycles. The minimum Gasteiger partial charge on any atom is -0.382 e. The number of Topliss-reactive ketones (excluding diaryl/α,β-unsaturated/α-hetero) is 1. The summed E-state index contributed by atoms with van der Waals surface area (Å²) < 4.78 is 6.42. The van der Waals surface area contributed by atoms with Gasteiger partial charge >= 0.3 is 0 Å². The summed E-state index contributed by atoms with van der Waals surface area (Å²) in [7, 11) is 3.60. The SMILES string of the molecule is CN(C)/C=C(\C#N)C(=O)C1Cc2cc(N3CCOCC3)c(Br)cc2N1. The van der Waals surface area contributed by atoms with E-state index in [4.69, 9.17) is 4.74 Å². The molecule has 2 aliphatic heterocycles. The van der Waals surface area contributed by atoms with Crippen LogP contribution in [-0.2, 0) is 16.0 Å². The van der Waals surface area contributed by atoms with Crippen LogP contribution in [0.25, 0.3) is 0 Å². The molecule has 0 spiro atoms. The topological polar surface area (TPSA) is 68.6 Å². The van der Waals surface area contributed by atoms with E-state index in [-0.39, 0.29) is 11.4 Å². The fourth-order valence-electron chi connectivity index (χ4n) is 3.17. The van der Waals surface area contributed by atoms with E-state index in [0.717, 1.165) is 47.7 Å². The van der Waals surface area contributed by atoms with Gasteiger partial charge in [-0.15, -0.1) is 0 Å². The largest absolute Gasteiger partial charge is 0.382 e. The van der Waals surface area contributed by atoms with Crippen molar-refractivity contribution in [2.24, 2.45) is 0 Å². The number of nitrogens with zero attached hydrogens (tertiary/aromatic N) is 3. The third-order valence-corrected chi connectivity index (χ3v) is 5.00. The van der Waals surface area contributed by atoms with Crippen LogP contribution >= 0.6 is 15.9 Å². The summed E-state index contributed by atoms with van der Waals surface area (Å²) in [6, 6.07) is 5.77. The standard InChI is InChI=1S/C18H21BrN4O2/c1-22(2)11-13(10-20)18(24)16-7-12-8-17(14(19)9-15(12)21-16)23-3-5-25-6-4-23/h8-9,11,16,21H,3-7H2,1-2H3/b13-11+. The number of nitrogens with one attached hydrogen (secondary N) is 1. The van der Waals surface area contributed by atoms with E-state index >= 15 is 0 Å². The third kappa shape index (κ3) is 3.80. The second-order valence-electron chi connectivity index (χ2n) is 6.44. The van der Waals surface area contributed by atoms with Crippen LogP contribution in [0.15, 0.2) is 28.4 Å². The van der Waals surface area contributed by atoms with E-state index in [9.17, 15) is 10.1 Å². The summed E-state index contributed by atoms with van der Waals surface area (Å²) in [6.45, 7) is 3.17. The number of morpholine rings is 1. The Morgan fingerprint density at radius 1 is 1.44 bits per heavy atom. The zero-order valence-electron chi connectivity index (χ0n) is 14.4. The Kier molecular flexibility index (Phi) is 5.30. The van der Waals surface area contributed by atoms with E-state index in [1.807, 2.05) is 12.1 Å². The molecular weight excluding hydrogens is 384 g/mol. The molecule has 132 valence electrons. The molecule has 1 N–H and O–H groups in total. The molecule has 3 rings (SSSR count). The number of hydrogen-bond acceptors (Lipinski definition) is 6. The van der Waals surface area contributed by atoms with Gasteiger partial charge in [-0.05, 0) is 33.6 Å². The predicted molar refractivity (Wildman–Crippen MR) is 101 cm³/mol. The number of hydrogen-bond donors (Lipinski definition) is 1. The Hall–Kier alpha value is -2.04. The van der Waals surface area contributed by atoms with Crippen LogP contribution in [-0.4, -0.2) is 57.1 Å². The maximum Gasteiger partial charge on any atom is 0.197 e. The zero-order chi connectivity index (χ0) is 18.0. The van der Waals surface area contributed by atoms with Gasteiger partial charge in [0, 0.05) is 50.0 Å². The summed E-state index contributed by atoms with van der Waals surface area (Å²) in [6.07, 6.45) is 2.16. The second kappa shape index (κ2) is 7.46. The summed E-state index contributed by atoms with van der Waals surface area (Å²) in [5.74, 6) is -0.170. The molecule has 1 saturated heterocycles. The maximum atomic E-state index is 12.6. The van der Waals surface area contributed by atoms with E-state index in [1.54, 1.807) is 25.2 Å². The van der Waals surface area contributed by atoms with Crippen LogP contribution in [0.1, 0.15) is 5.56 Å². The quantitative estimate of drug-likeness (QED) is 0.612. The maximum absolute atomic E-state index is 12.6. The lowest BCUT2D eigenvalue weighted by molar-refractivity contribution is -0.115. The predicted octanol–water partition coefficient (Wildman–Crippen LogP) is 2.16. The molecule has 2 aliphatic rings. The van der Waals surface area contributed by atoms with Gasteiger partial charge in [0.05, 0.1) is 24.9 Å². The molecule has 1 fully saturated rings. The fraction of sp³-hybridized carbons (Fsp3) is 0.444. The van der Waals surface area contributed by atoms with Gasteiger partial charge in [0.1, 0.15) is 11.6 Å². The van der Waals surface area contributed by atoms with Crippen molar-refractivity contribution in [3.63, 3.8) is 0 Å². The molecule has 1 unspecified atom stereocenters. The number of benzene rings is 1. The molecule has 0 saturated carbocycles. The monoisotopic (exact) mass is 404 g/mol. The normalized spacial score (nSPS) is 19.8. The van der Waals surface area contributed by atoms with E-state index in [1.165, 1.54) is 0 Å². The summed E-state index contributed by atoms with van der Waals surface area (Å²) in [4.78, 5) is 16.6. The average Bonchev–Trinajstić information content (AvgIpc) is 3.01. The minimum atomic E-state index is -0.396. The highest BCUT2D eigenvalue weighted by atomic mass is 79.9. The Balaban J connectivity index is 1.81. The van der Waals surface area contributed by atoms with Crippen molar-refractivity contribution in [2.75, 3.05) is 50.6 Å². The Morgan fingerprint density at radius 3 is 2.80 bits per heavy atom. The van der Waals surface area contributed by atoms with Crippen molar-refractivity contribution in [1.29, 1.82) is 5.26 Å². The highest BCUT2D eigenvalue weighted by Gasteiger charge is 2.30. The van der Waals surface area contributed by atoms with Gasteiger partial charge in [-0.2, -0.15) is 5.26 Å². The first-order valence-corrected chi connectivity index (χ1v) is 9.03. The van der Waals surface area contributed by atoms with Crippen LogP contribution in [0.4, 0.5) is 11.4 Å². The van der Waals surface area contributed by atoms with E-state index in [2.05, 4.69) is 32.2 Å². The summed E-state index contributed by atoms with van der Waals surface area (Å²) in [5.41, 5.74) is 3.35. The van der Waals surface area contributed by atoms with Crippen LogP contribution < -0.4 is 10.2 Å². The lowest BCUT2D eigenvalue weighted by atomic mass is 10.0. The summed E-state index contributed by atoms with van der Waals surface area (Å²) >= 11 is 3.64. The first-order chi connectivity index (χ1) is 12.0. The molecular formula is C18H21BrN4O2. The van der Waals surface area contributed by atoms with Gasteiger partial charge in [-0.3, -0.25) is 4.79 Å². The number of ketones is 1. The lowest BCUT2D eigenvalue weighted by Crippen LogP contribution is -2.36. The fourth-order valence-corrected chi connectivity index (χ4v) is 3.76. The first-order valence-electron chi connectivity index (χ1n) is 8.24. The highest BCUT2D eigenvalue weighted by Crippen LogP contribution is 2.37. The van der Waals surface area contributed by atoms with Crippen LogP contribution in [0.5, 0.6) is 0 Å². The lowest BCUT2D eigenvalue weighted by Gasteiger charge is -2.30. The van der Waals surface area contributed by atoms with Crippen molar-refractivity contribution in [3.8, 4) is 6.07 Å². The van der Waals surface area contributed by atoms with Gasteiger partial charge in [0.15, 0.2) is 5.78 Å². The molecule has 0 bridgehead atoms. The average molecular weight is 405 g/mol. The molecule has 6 nitrogen and oxygen atoms in total. The van der Waals surface area contributed by atoms with Crippen LogP contribution in [0, 0.1) is 11.3 Å². The molecule has 7 heteroatoms. The van der Waals surface area contributed by atoms with Crippen molar-refractivity contribution in [3.05, 3.63) is 33.9 Å². The summed E-state index contributed by atoms with van der Waals surface area (Å²) in [5, 5.41) is 12.5. The molecule has 25 heavy (non-hydrogen) atoms. The Morgan fingerprint density at radius 2 is 2.16 bits per heavy atom. The van der Waals surface area contributed by atoms with Crippen LogP contribution in [0.3, 0.4) is 0 Å². The van der Waals surface area contributed by atoms with Gasteiger partial charge in [0.2, 0.25) is 0 Å². The smallest absolute Gasteiger partial charge is 0.197 e. The van der Waals surface area contributed by atoms with Gasteiger partial charge < -0.3 is 19.9 Å². The molecule has 2 heterocycles. The number of carbonyl (C=O) groups is 1. The first kappa shape index (κ1) is 17.8. The number of ether oxygens (including phenoxy) is 1. The number of nitriles is 1. The van der Waals surface area contributed by atoms with E-state index in [0.29, 0.717) is 6.42 Å². The third-order valence-electron chi connectivity index (χ3n) is 4.37. The van der Waals surface area contributed by atoms with E-state index < -0.39 is 6.04 Å². The van der Waals surface area contributed by atoms with Gasteiger partial charge in [-0.25, -0.2) is 0 Å². The van der Waals surface area contributed by atoms with Crippen molar-refractivity contribution in [2.45, 2.75) is 12.5 Å². The number of anilines is 2. The molecule has 0 amide bonds. The van der Waals surface area contributed by atoms with Crippen molar-refractivity contribution < 1.29 is 9.53 Å². The van der Waals surface area contributed by atoms with Crippen molar-refractivity contribution in [1.82, 2.24) is 4.90 Å². The number of fused-ring (bicyclic) bond motifs is 1. The van der Waals surface area contributed by atoms with Gasteiger partial charge in [0.25, 0.3) is 0 Å². The second-order valence-corrected chi connectivity index (χ2v) is 7.30. The van der Waals surface area contributed by atoms with Crippen LogP contribution in [0.2, 0.25) is 0 Å². The molecule has 0 aliphatic carbocycles. The van der Waals surface area contributed by atoms with Gasteiger partial charge in [-0.1, -0.05) is 0 Å². The molecule has 1 atom stereocenters. The Labute approximate surface area is 156 Å².